The van der Waals surface area contributed by atoms with E-state index in [4.69, 9.17) is 14.2 Å². The van der Waals surface area contributed by atoms with E-state index in [0.717, 1.165) is 12.0 Å². The van der Waals surface area contributed by atoms with Gasteiger partial charge in [-0.15, -0.1) is 0 Å². The maximum Gasteiger partial charge on any atom is 0.242 e. The van der Waals surface area contributed by atoms with Crippen LogP contribution in [0.25, 0.3) is 0 Å². The van der Waals surface area contributed by atoms with Gasteiger partial charge >= 0.3 is 0 Å². The second-order valence-electron chi connectivity index (χ2n) is 6.67. The zero-order valence-corrected chi connectivity index (χ0v) is 17.4. The molecular formula is C20H29N3O6. The maximum absolute atomic E-state index is 12.4. The second kappa shape index (κ2) is 10.5. The Kier molecular flexibility index (Phi) is 8.11. The zero-order chi connectivity index (χ0) is 21.4. The number of hydrogen-bond donors (Lipinski definition) is 2. The molecule has 9 heteroatoms. The van der Waals surface area contributed by atoms with Gasteiger partial charge in [-0.2, -0.15) is 0 Å². The average molecular weight is 407 g/mol. The van der Waals surface area contributed by atoms with Crippen molar-refractivity contribution in [2.75, 3.05) is 41.5 Å². The van der Waals surface area contributed by atoms with Crippen LogP contribution < -0.4 is 24.8 Å². The van der Waals surface area contributed by atoms with Gasteiger partial charge in [0.2, 0.25) is 23.5 Å². The molecule has 0 saturated carbocycles. The molecule has 0 spiro atoms. The Morgan fingerprint density at radius 2 is 1.76 bits per heavy atom. The molecule has 3 amide bonds. The summed E-state index contributed by atoms with van der Waals surface area (Å²) in [6.07, 6.45) is 2.06. The van der Waals surface area contributed by atoms with Crippen molar-refractivity contribution >= 4 is 17.7 Å². The number of aryl methyl sites for hydroxylation is 1. The van der Waals surface area contributed by atoms with Crippen molar-refractivity contribution in [2.24, 2.45) is 0 Å². The quantitative estimate of drug-likeness (QED) is 0.617. The molecule has 1 heterocycles. The van der Waals surface area contributed by atoms with Gasteiger partial charge in [0.1, 0.15) is 6.04 Å². The number of carbonyl (C=O) groups is 3. The van der Waals surface area contributed by atoms with Gasteiger partial charge in [0.25, 0.3) is 0 Å². The summed E-state index contributed by atoms with van der Waals surface area (Å²) in [4.78, 5) is 37.9. The van der Waals surface area contributed by atoms with Gasteiger partial charge in [-0.25, -0.2) is 0 Å². The molecule has 2 N–H and O–H groups in total. The normalized spacial score (nSPS) is 15.6. The number of likely N-dealkylation sites (tertiary alicyclic amines) is 1. The molecule has 1 aliphatic heterocycles. The minimum atomic E-state index is -0.455. The highest BCUT2D eigenvalue weighted by atomic mass is 16.5. The standard InChI is InChI=1S/C20H29N3O6/c1-21-20(26)14-6-5-9-23(14)18(25)12-22-17(24)8-7-13-10-15(27-2)19(29-4)16(11-13)28-3/h10-11,14H,5-9,12H2,1-4H3,(H,21,26)(H,22,24). The first kappa shape index (κ1) is 22.3. The van der Waals surface area contributed by atoms with E-state index < -0.39 is 6.04 Å². The summed E-state index contributed by atoms with van der Waals surface area (Å²) in [6, 6.07) is 3.12. The number of benzene rings is 1. The topological polar surface area (TPSA) is 106 Å². The van der Waals surface area contributed by atoms with Crippen molar-refractivity contribution in [3.05, 3.63) is 17.7 Å². The van der Waals surface area contributed by atoms with Gasteiger partial charge in [0, 0.05) is 20.0 Å². The minimum Gasteiger partial charge on any atom is -0.493 e. The van der Waals surface area contributed by atoms with Crippen molar-refractivity contribution in [3.8, 4) is 17.2 Å². The average Bonchev–Trinajstić information content (AvgIpc) is 3.24. The monoisotopic (exact) mass is 407 g/mol. The lowest BCUT2D eigenvalue weighted by atomic mass is 10.1. The Hall–Kier alpha value is -2.97. The van der Waals surface area contributed by atoms with Crippen LogP contribution in [0.2, 0.25) is 0 Å². The second-order valence-corrected chi connectivity index (χ2v) is 6.67. The van der Waals surface area contributed by atoms with Crippen LogP contribution in [0.15, 0.2) is 12.1 Å². The molecule has 1 unspecified atom stereocenters. The predicted molar refractivity (Wildman–Crippen MR) is 106 cm³/mol. The predicted octanol–water partition coefficient (Wildman–Crippen LogP) is 0.498. The number of carbonyl (C=O) groups excluding carboxylic acids is 3. The van der Waals surface area contributed by atoms with Crippen molar-refractivity contribution < 1.29 is 28.6 Å². The Morgan fingerprint density at radius 1 is 1.10 bits per heavy atom. The van der Waals surface area contributed by atoms with Crippen molar-refractivity contribution in [3.63, 3.8) is 0 Å². The molecule has 1 aromatic rings. The summed E-state index contributed by atoms with van der Waals surface area (Å²) in [5.74, 6) is 0.855. The fraction of sp³-hybridized carbons (Fsp3) is 0.550. The van der Waals surface area contributed by atoms with Crippen molar-refractivity contribution in [2.45, 2.75) is 31.7 Å². The Balaban J connectivity index is 1.89. The van der Waals surface area contributed by atoms with Gasteiger partial charge in [0.15, 0.2) is 11.5 Å². The first-order chi connectivity index (χ1) is 13.9. The number of amides is 3. The van der Waals surface area contributed by atoms with Crippen molar-refractivity contribution in [1.29, 1.82) is 0 Å². The van der Waals surface area contributed by atoms with Crippen LogP contribution >= 0.6 is 0 Å². The van der Waals surface area contributed by atoms with E-state index in [9.17, 15) is 14.4 Å². The van der Waals surface area contributed by atoms with Crippen molar-refractivity contribution in [1.82, 2.24) is 15.5 Å². The van der Waals surface area contributed by atoms with Gasteiger partial charge in [0.05, 0.1) is 27.9 Å². The van der Waals surface area contributed by atoms with E-state index in [1.807, 2.05) is 0 Å². The highest BCUT2D eigenvalue weighted by Gasteiger charge is 2.33. The van der Waals surface area contributed by atoms with Crippen LogP contribution in [0.1, 0.15) is 24.8 Å². The fourth-order valence-electron chi connectivity index (χ4n) is 3.41. The third-order valence-corrected chi connectivity index (χ3v) is 4.92. The minimum absolute atomic E-state index is 0.123. The highest BCUT2D eigenvalue weighted by molar-refractivity contribution is 5.90. The number of hydrogen-bond acceptors (Lipinski definition) is 6. The molecule has 1 aromatic carbocycles. The number of methoxy groups -OCH3 is 3. The number of nitrogens with zero attached hydrogens (tertiary/aromatic N) is 1. The highest BCUT2D eigenvalue weighted by Crippen LogP contribution is 2.38. The number of nitrogens with one attached hydrogen (secondary N) is 2. The van der Waals surface area contributed by atoms with Crippen LogP contribution in [0.5, 0.6) is 17.2 Å². The number of rotatable bonds is 9. The van der Waals surface area contributed by atoms with Gasteiger partial charge < -0.3 is 29.7 Å². The Labute approximate surface area is 170 Å². The van der Waals surface area contributed by atoms with Gasteiger partial charge in [-0.05, 0) is 37.0 Å². The van der Waals surface area contributed by atoms with E-state index in [2.05, 4.69) is 10.6 Å². The largest absolute Gasteiger partial charge is 0.493 e. The van der Waals surface area contributed by atoms with Gasteiger partial charge in [-0.1, -0.05) is 0 Å². The van der Waals surface area contributed by atoms with E-state index in [-0.39, 0.29) is 30.7 Å². The third kappa shape index (κ3) is 5.52. The summed E-state index contributed by atoms with van der Waals surface area (Å²) < 4.78 is 15.9. The van der Waals surface area contributed by atoms with Crippen LogP contribution in [0.4, 0.5) is 0 Å². The Bertz CT molecular complexity index is 727. The first-order valence-electron chi connectivity index (χ1n) is 9.51. The van der Waals surface area contributed by atoms with Crippen LogP contribution in [-0.2, 0) is 20.8 Å². The lowest BCUT2D eigenvalue weighted by Crippen LogP contribution is -2.48. The molecule has 0 aliphatic carbocycles. The Morgan fingerprint density at radius 3 is 2.31 bits per heavy atom. The molecule has 0 radical (unpaired) electrons. The maximum atomic E-state index is 12.4. The van der Waals surface area contributed by atoms with Crippen LogP contribution in [0, 0.1) is 0 Å². The summed E-state index contributed by atoms with van der Waals surface area (Å²) in [5.41, 5.74) is 0.847. The first-order valence-corrected chi connectivity index (χ1v) is 9.51. The molecule has 1 saturated heterocycles. The molecule has 1 aliphatic rings. The number of ether oxygens (including phenoxy) is 3. The van der Waals surface area contributed by atoms with E-state index in [1.54, 1.807) is 19.2 Å². The summed E-state index contributed by atoms with van der Waals surface area (Å²) >= 11 is 0. The molecule has 160 valence electrons. The molecule has 0 aromatic heterocycles. The van der Waals surface area contributed by atoms with E-state index >= 15 is 0 Å². The fourth-order valence-corrected chi connectivity index (χ4v) is 3.41. The van der Waals surface area contributed by atoms with E-state index in [1.165, 1.54) is 26.2 Å². The molecule has 0 bridgehead atoms. The van der Waals surface area contributed by atoms with Gasteiger partial charge in [-0.3, -0.25) is 14.4 Å². The smallest absolute Gasteiger partial charge is 0.242 e. The zero-order valence-electron chi connectivity index (χ0n) is 17.4. The van der Waals surface area contributed by atoms with E-state index in [0.29, 0.717) is 36.6 Å². The number of likely N-dealkylation sites (N-methyl/N-ethyl adjacent to an activating group) is 1. The molecule has 1 atom stereocenters. The SMILES string of the molecule is CNC(=O)C1CCCN1C(=O)CNC(=O)CCc1cc(OC)c(OC)c(OC)c1. The molecule has 2 rings (SSSR count). The molecule has 9 nitrogen and oxygen atoms in total. The lowest BCUT2D eigenvalue weighted by Gasteiger charge is -2.23. The summed E-state index contributed by atoms with van der Waals surface area (Å²) in [7, 11) is 6.14. The molecule has 1 fully saturated rings. The van der Waals surface area contributed by atoms with Crippen LogP contribution in [0.3, 0.4) is 0 Å². The third-order valence-electron chi connectivity index (χ3n) is 4.92. The molecular weight excluding hydrogens is 378 g/mol. The summed E-state index contributed by atoms with van der Waals surface area (Å²) in [5, 5.41) is 5.21. The lowest BCUT2D eigenvalue weighted by molar-refractivity contribution is -0.138. The molecule has 29 heavy (non-hydrogen) atoms. The summed E-state index contributed by atoms with van der Waals surface area (Å²) in [6.45, 7) is 0.403. The van der Waals surface area contributed by atoms with Crippen LogP contribution in [-0.4, -0.2) is 70.1 Å².